The van der Waals surface area contributed by atoms with Gasteiger partial charge in [0.15, 0.2) is 0 Å². The molecule has 0 fully saturated rings. The second-order valence-corrected chi connectivity index (χ2v) is 6.75. The van der Waals surface area contributed by atoms with Crippen LogP contribution in [0, 0.1) is 0 Å². The number of pyridine rings is 1. The Bertz CT molecular complexity index is 660. The molecule has 0 unspecified atom stereocenters. The van der Waals surface area contributed by atoms with E-state index in [9.17, 15) is 8.42 Å². The lowest BCUT2D eigenvalue weighted by atomic mass is 10.2. The molecule has 1 heterocycles. The number of nitrogens with zero attached hydrogens (tertiary/aromatic N) is 1. The zero-order valence-corrected chi connectivity index (χ0v) is 11.7. The molecule has 0 aliphatic carbocycles. The molecule has 1 aromatic heterocycles. The highest BCUT2D eigenvalue weighted by Gasteiger charge is 2.11. The van der Waals surface area contributed by atoms with E-state index in [0.29, 0.717) is 21.6 Å². The second-order valence-electron chi connectivity index (χ2n) is 3.32. The van der Waals surface area contributed by atoms with Gasteiger partial charge < -0.3 is 0 Å². The molecule has 7 heteroatoms. The lowest BCUT2D eigenvalue weighted by Crippen LogP contribution is -2.13. The summed E-state index contributed by atoms with van der Waals surface area (Å²) in [5, 5.41) is 1.16. The number of hydrogen-bond donors (Lipinski definition) is 1. The van der Waals surface area contributed by atoms with E-state index in [2.05, 4.69) is 25.6 Å². The van der Waals surface area contributed by atoms with E-state index in [4.69, 9.17) is 11.6 Å². The number of benzene rings is 1. The minimum Gasteiger partial charge on any atom is -0.282 e. The van der Waals surface area contributed by atoms with Crippen molar-refractivity contribution in [2.24, 2.45) is 0 Å². The fourth-order valence-corrected chi connectivity index (χ4v) is 2.55. The lowest BCUT2D eigenvalue weighted by Gasteiger charge is -2.09. The Morgan fingerprint density at radius 1 is 1.35 bits per heavy atom. The van der Waals surface area contributed by atoms with E-state index in [-0.39, 0.29) is 4.66 Å². The van der Waals surface area contributed by atoms with Gasteiger partial charge in [-0.05, 0) is 24.3 Å². The molecule has 0 atom stereocenters. The van der Waals surface area contributed by atoms with Crippen molar-refractivity contribution in [1.29, 1.82) is 0 Å². The van der Waals surface area contributed by atoms with Crippen molar-refractivity contribution >= 4 is 54.1 Å². The fourth-order valence-electron chi connectivity index (χ4n) is 1.42. The molecule has 17 heavy (non-hydrogen) atoms. The molecule has 0 aliphatic rings. The van der Waals surface area contributed by atoms with Crippen LogP contribution in [0.5, 0.6) is 0 Å². The number of hydrogen-bond acceptors (Lipinski definition) is 3. The van der Waals surface area contributed by atoms with E-state index in [1.54, 1.807) is 30.5 Å². The van der Waals surface area contributed by atoms with Crippen LogP contribution in [-0.4, -0.2) is 18.1 Å². The van der Waals surface area contributed by atoms with E-state index in [1.807, 2.05) is 0 Å². The van der Waals surface area contributed by atoms with E-state index in [1.165, 1.54) is 0 Å². The lowest BCUT2D eigenvalue weighted by molar-refractivity contribution is 0.606. The van der Waals surface area contributed by atoms with Crippen LogP contribution in [0.1, 0.15) is 0 Å². The summed E-state index contributed by atoms with van der Waals surface area (Å²) in [5.41, 5.74) is 1.04. The molecule has 0 saturated heterocycles. The van der Waals surface area contributed by atoms with E-state index < -0.39 is 10.0 Å². The third-order valence-electron chi connectivity index (χ3n) is 2.13. The van der Waals surface area contributed by atoms with Crippen LogP contribution in [0.25, 0.3) is 10.9 Å². The predicted molar refractivity (Wildman–Crippen MR) is 73.1 cm³/mol. The SMILES string of the molecule is O=S(=O)(CBr)Nc1ccc(Cl)c2ncccc12. The van der Waals surface area contributed by atoms with Crippen LogP contribution in [0.2, 0.25) is 5.02 Å². The summed E-state index contributed by atoms with van der Waals surface area (Å²) in [5.74, 6) is 0. The highest BCUT2D eigenvalue weighted by molar-refractivity contribution is 9.10. The summed E-state index contributed by atoms with van der Waals surface area (Å²) in [6.07, 6.45) is 1.61. The Kier molecular flexibility index (Phi) is 3.56. The molecular weight excluding hydrogens is 328 g/mol. The molecule has 1 N–H and O–H groups in total. The van der Waals surface area contributed by atoms with Gasteiger partial charge in [0.25, 0.3) is 0 Å². The molecule has 4 nitrogen and oxygen atoms in total. The Hall–Kier alpha value is -0.850. The topological polar surface area (TPSA) is 59.1 Å². The number of rotatable bonds is 3. The summed E-state index contributed by atoms with van der Waals surface area (Å²) in [6, 6.07) is 6.72. The summed E-state index contributed by atoms with van der Waals surface area (Å²) >= 11 is 8.90. The van der Waals surface area contributed by atoms with Crippen LogP contribution >= 0.6 is 27.5 Å². The van der Waals surface area contributed by atoms with Crippen LogP contribution in [-0.2, 0) is 10.0 Å². The highest BCUT2D eigenvalue weighted by Crippen LogP contribution is 2.28. The third-order valence-corrected chi connectivity index (χ3v) is 5.06. The minimum absolute atomic E-state index is 0.162. The molecule has 2 rings (SSSR count). The number of alkyl halides is 1. The fraction of sp³-hybridized carbons (Fsp3) is 0.100. The van der Waals surface area contributed by atoms with Gasteiger partial charge in [0, 0.05) is 11.6 Å². The third kappa shape index (κ3) is 2.70. The summed E-state index contributed by atoms with van der Waals surface area (Å²) < 4.78 is 25.3. The molecule has 0 saturated carbocycles. The van der Waals surface area contributed by atoms with E-state index in [0.717, 1.165) is 0 Å². The van der Waals surface area contributed by atoms with Crippen molar-refractivity contribution in [1.82, 2.24) is 4.98 Å². The number of sulfonamides is 1. The second kappa shape index (κ2) is 4.80. The number of aromatic nitrogens is 1. The standard InChI is InChI=1S/C10H8BrClN2O2S/c11-6-17(15,16)14-9-4-3-8(12)10-7(9)2-1-5-13-10/h1-5,14H,6H2. The highest BCUT2D eigenvalue weighted by atomic mass is 79.9. The smallest absolute Gasteiger partial charge is 0.242 e. The van der Waals surface area contributed by atoms with Gasteiger partial charge in [-0.25, -0.2) is 8.42 Å². The first kappa shape index (κ1) is 12.6. The van der Waals surface area contributed by atoms with Gasteiger partial charge in [-0.1, -0.05) is 27.5 Å². The van der Waals surface area contributed by atoms with Crippen LogP contribution in [0.15, 0.2) is 30.5 Å². The summed E-state index contributed by atoms with van der Waals surface area (Å²) in [6.45, 7) is 0. The maximum Gasteiger partial charge on any atom is 0.242 e. The van der Waals surface area contributed by atoms with Crippen molar-refractivity contribution in [3.05, 3.63) is 35.5 Å². The average Bonchev–Trinajstić information content (AvgIpc) is 2.33. The van der Waals surface area contributed by atoms with E-state index >= 15 is 0 Å². The Labute approximate surface area is 112 Å². The summed E-state index contributed by atoms with van der Waals surface area (Å²) in [7, 11) is -3.38. The monoisotopic (exact) mass is 334 g/mol. The van der Waals surface area contributed by atoms with Crippen LogP contribution < -0.4 is 4.72 Å². The van der Waals surface area contributed by atoms with Gasteiger partial charge in [-0.3, -0.25) is 9.71 Å². The number of anilines is 1. The van der Waals surface area contributed by atoms with Crippen LogP contribution in [0.3, 0.4) is 0 Å². The molecule has 90 valence electrons. The quantitative estimate of drug-likeness (QED) is 0.877. The number of fused-ring (bicyclic) bond motifs is 1. The zero-order chi connectivity index (χ0) is 12.5. The minimum atomic E-state index is -3.38. The molecule has 0 bridgehead atoms. The largest absolute Gasteiger partial charge is 0.282 e. The first-order valence-corrected chi connectivity index (χ1v) is 7.78. The van der Waals surface area contributed by atoms with Crippen molar-refractivity contribution < 1.29 is 8.42 Å². The zero-order valence-electron chi connectivity index (χ0n) is 8.52. The Morgan fingerprint density at radius 3 is 2.82 bits per heavy atom. The maximum atomic E-state index is 11.5. The first-order chi connectivity index (χ1) is 8.03. The average molecular weight is 336 g/mol. The molecule has 0 radical (unpaired) electrons. The van der Waals surface area contributed by atoms with Gasteiger partial charge in [-0.2, -0.15) is 0 Å². The Morgan fingerprint density at radius 2 is 2.12 bits per heavy atom. The maximum absolute atomic E-state index is 11.5. The summed E-state index contributed by atoms with van der Waals surface area (Å²) in [4.78, 5) is 4.12. The molecule has 0 spiro atoms. The van der Waals surface area contributed by atoms with Crippen molar-refractivity contribution in [3.8, 4) is 0 Å². The van der Waals surface area contributed by atoms with Gasteiger partial charge in [0.2, 0.25) is 10.0 Å². The number of halogens is 2. The number of nitrogens with one attached hydrogen (secondary N) is 1. The first-order valence-electron chi connectivity index (χ1n) is 4.63. The van der Waals surface area contributed by atoms with Gasteiger partial charge in [0.1, 0.15) is 4.66 Å². The van der Waals surface area contributed by atoms with Crippen molar-refractivity contribution in [2.75, 3.05) is 9.38 Å². The van der Waals surface area contributed by atoms with Gasteiger partial charge in [0.05, 0.1) is 16.2 Å². The normalized spacial score (nSPS) is 11.6. The molecular formula is C10H8BrClN2O2S. The molecule has 2 aromatic rings. The van der Waals surface area contributed by atoms with Crippen molar-refractivity contribution in [2.45, 2.75) is 0 Å². The van der Waals surface area contributed by atoms with Crippen molar-refractivity contribution in [3.63, 3.8) is 0 Å². The van der Waals surface area contributed by atoms with Gasteiger partial charge in [-0.15, -0.1) is 0 Å². The predicted octanol–water partition coefficient (Wildman–Crippen LogP) is 2.98. The van der Waals surface area contributed by atoms with Gasteiger partial charge >= 0.3 is 0 Å². The van der Waals surface area contributed by atoms with Crippen LogP contribution in [0.4, 0.5) is 5.69 Å². The molecule has 0 aliphatic heterocycles. The molecule has 1 aromatic carbocycles. The Balaban J connectivity index is 2.60. The molecule has 0 amide bonds.